The van der Waals surface area contributed by atoms with Gasteiger partial charge in [-0.2, -0.15) is 0 Å². The maximum Gasteiger partial charge on any atom is 0.319 e. The zero-order valence-corrected chi connectivity index (χ0v) is 19.0. The fraction of sp³-hybridized carbons (Fsp3) is 0.400. The van der Waals surface area contributed by atoms with E-state index in [1.165, 1.54) is 5.57 Å². The zero-order valence-electron chi connectivity index (χ0n) is 19.0. The highest BCUT2D eigenvalue weighted by atomic mass is 16.5. The molecule has 2 aromatic rings. The molecule has 1 heterocycles. The molecule has 4 rings (SSSR count). The lowest BCUT2D eigenvalue weighted by atomic mass is 9.83. The normalized spacial score (nSPS) is 14.7. The number of benzene rings is 1. The van der Waals surface area contributed by atoms with E-state index >= 15 is 0 Å². The van der Waals surface area contributed by atoms with Crippen LogP contribution in [0.3, 0.4) is 0 Å². The number of ether oxygens (including phenoxy) is 1. The lowest BCUT2D eigenvalue weighted by Crippen LogP contribution is -2.38. The molecule has 1 aromatic heterocycles. The first-order valence-corrected chi connectivity index (χ1v) is 10.9. The van der Waals surface area contributed by atoms with Crippen molar-refractivity contribution >= 4 is 29.2 Å². The summed E-state index contributed by atoms with van der Waals surface area (Å²) >= 11 is 0. The Morgan fingerprint density at radius 3 is 2.69 bits per heavy atom. The van der Waals surface area contributed by atoms with Crippen LogP contribution < -0.4 is 15.8 Å². The Balaban J connectivity index is 1.65. The average molecular weight is 437 g/mol. The van der Waals surface area contributed by atoms with Crippen LogP contribution in [0.4, 0.5) is 0 Å². The van der Waals surface area contributed by atoms with Crippen molar-refractivity contribution in [1.29, 1.82) is 0 Å². The summed E-state index contributed by atoms with van der Waals surface area (Å²) in [7, 11) is 3.57. The van der Waals surface area contributed by atoms with E-state index in [2.05, 4.69) is 18.3 Å². The first kappa shape index (κ1) is 22.2. The molecule has 1 aromatic carbocycles. The van der Waals surface area contributed by atoms with Gasteiger partial charge in [-0.05, 0) is 57.3 Å². The average Bonchev–Trinajstić information content (AvgIpc) is 3.08. The summed E-state index contributed by atoms with van der Waals surface area (Å²) in [5, 5.41) is 4.64. The number of ketones is 2. The lowest BCUT2D eigenvalue weighted by Gasteiger charge is -2.17. The predicted molar refractivity (Wildman–Crippen MR) is 121 cm³/mol. The van der Waals surface area contributed by atoms with Gasteiger partial charge in [0.1, 0.15) is 18.1 Å². The summed E-state index contributed by atoms with van der Waals surface area (Å²) in [6, 6.07) is 3.92. The maximum atomic E-state index is 13.1. The highest BCUT2D eigenvalue weighted by Crippen LogP contribution is 2.37. The van der Waals surface area contributed by atoms with Crippen LogP contribution in [-0.4, -0.2) is 56.2 Å². The molecule has 32 heavy (non-hydrogen) atoms. The molecule has 0 amide bonds. The molecule has 7 heteroatoms. The zero-order chi connectivity index (χ0) is 23.0. The number of fused-ring (bicyclic) bond motifs is 5. The van der Waals surface area contributed by atoms with Gasteiger partial charge in [0.25, 0.3) is 0 Å². The Morgan fingerprint density at radius 2 is 1.94 bits per heavy atom. The third-order valence-corrected chi connectivity index (χ3v) is 6.19. The van der Waals surface area contributed by atoms with Gasteiger partial charge in [0.15, 0.2) is 0 Å². The molecule has 2 aliphatic rings. The number of rotatable bonds is 7. The van der Waals surface area contributed by atoms with E-state index in [9.17, 15) is 14.4 Å². The fourth-order valence-corrected chi connectivity index (χ4v) is 4.44. The third-order valence-electron chi connectivity index (χ3n) is 6.19. The van der Waals surface area contributed by atoms with E-state index in [4.69, 9.17) is 9.15 Å². The van der Waals surface area contributed by atoms with Crippen LogP contribution in [0.1, 0.15) is 51.8 Å². The van der Waals surface area contributed by atoms with Gasteiger partial charge in [0, 0.05) is 23.2 Å². The van der Waals surface area contributed by atoms with Crippen molar-refractivity contribution in [3.8, 4) is 11.3 Å². The standard InChI is InChI=1S/C25H28N2O5/c1-14-6-5-7-17-16(14)8-9-18-22(17)24(30)23(29)21-15(2)19(32-25(18)21)13-27(4)10-11-31-20(28)12-26-3/h7-9,26H,5-6,10-13H2,1-4H3. The highest BCUT2D eigenvalue weighted by Gasteiger charge is 2.37. The second kappa shape index (κ2) is 8.84. The first-order chi connectivity index (χ1) is 15.3. The van der Waals surface area contributed by atoms with Crippen LogP contribution in [0.5, 0.6) is 0 Å². The van der Waals surface area contributed by atoms with Gasteiger partial charge >= 0.3 is 5.97 Å². The second-order valence-electron chi connectivity index (χ2n) is 8.47. The van der Waals surface area contributed by atoms with Crippen LogP contribution in [0.2, 0.25) is 0 Å². The molecule has 7 nitrogen and oxygen atoms in total. The van der Waals surface area contributed by atoms with Crippen LogP contribution in [0.25, 0.3) is 23.0 Å². The summed E-state index contributed by atoms with van der Waals surface area (Å²) in [5.41, 5.74) is 3.43. The number of nitrogens with zero attached hydrogens (tertiary/aromatic N) is 1. The molecule has 0 unspecified atom stereocenters. The summed E-state index contributed by atoms with van der Waals surface area (Å²) in [6.45, 7) is 5.26. The molecular formula is C25H28N2O5. The lowest BCUT2D eigenvalue weighted by molar-refractivity contribution is -0.142. The monoisotopic (exact) mass is 436 g/mol. The maximum absolute atomic E-state index is 13.1. The summed E-state index contributed by atoms with van der Waals surface area (Å²) in [6.07, 6.45) is 3.87. The van der Waals surface area contributed by atoms with Gasteiger partial charge in [0.2, 0.25) is 11.6 Å². The molecule has 168 valence electrons. The number of nitrogens with one attached hydrogen (secondary N) is 1. The molecular weight excluding hydrogens is 408 g/mol. The third kappa shape index (κ3) is 3.82. The number of carbonyl (C=O) groups is 3. The van der Waals surface area contributed by atoms with Crippen molar-refractivity contribution in [3.63, 3.8) is 0 Å². The van der Waals surface area contributed by atoms with Gasteiger partial charge < -0.3 is 14.5 Å². The molecule has 0 saturated carbocycles. The molecule has 0 atom stereocenters. The molecule has 0 fully saturated rings. The number of esters is 1. The molecule has 0 radical (unpaired) electrons. The predicted octanol–water partition coefficient (Wildman–Crippen LogP) is 1.57. The molecule has 2 aliphatic carbocycles. The number of hydrogen-bond donors (Lipinski definition) is 1. The topological polar surface area (TPSA) is 88.8 Å². The van der Waals surface area contributed by atoms with Gasteiger partial charge in [-0.3, -0.25) is 19.3 Å². The Bertz CT molecular complexity index is 1240. The quantitative estimate of drug-likeness (QED) is 0.521. The van der Waals surface area contributed by atoms with Crippen molar-refractivity contribution in [3.05, 3.63) is 45.0 Å². The van der Waals surface area contributed by atoms with Gasteiger partial charge in [-0.1, -0.05) is 17.7 Å². The summed E-state index contributed by atoms with van der Waals surface area (Å²) in [4.78, 5) is 39.6. The van der Waals surface area contributed by atoms with E-state index in [0.717, 1.165) is 23.3 Å². The van der Waals surface area contributed by atoms with Crippen LogP contribution >= 0.6 is 0 Å². The Hall–Kier alpha value is -3.03. The molecule has 0 bridgehead atoms. The molecule has 0 saturated heterocycles. The smallest absolute Gasteiger partial charge is 0.319 e. The number of hydrogen-bond acceptors (Lipinski definition) is 7. The second-order valence-corrected chi connectivity index (χ2v) is 8.47. The van der Waals surface area contributed by atoms with Crippen LogP contribution in [0, 0.1) is 6.92 Å². The number of carbonyl (C=O) groups excluding carboxylic acids is 3. The number of likely N-dealkylation sites (N-methyl/N-ethyl adjacent to an activating group) is 2. The van der Waals surface area contributed by atoms with Crippen molar-refractivity contribution in [2.24, 2.45) is 0 Å². The fourth-order valence-electron chi connectivity index (χ4n) is 4.44. The van der Waals surface area contributed by atoms with E-state index in [1.807, 2.05) is 31.0 Å². The van der Waals surface area contributed by atoms with Gasteiger partial charge in [-0.25, -0.2) is 0 Å². The molecule has 1 N–H and O–H groups in total. The first-order valence-electron chi connectivity index (χ1n) is 10.9. The summed E-state index contributed by atoms with van der Waals surface area (Å²) in [5.74, 6) is -0.161. The van der Waals surface area contributed by atoms with Crippen LogP contribution in [-0.2, 0) is 16.1 Å². The SMILES string of the molecule is CNCC(=O)OCCN(C)Cc1oc2c(c1C)C(=O)C(=O)c1c-2ccc2c1=CCCC=2C. The minimum absolute atomic E-state index is 0.168. The van der Waals surface area contributed by atoms with E-state index in [1.54, 1.807) is 7.05 Å². The van der Waals surface area contributed by atoms with Crippen molar-refractivity contribution in [2.75, 3.05) is 33.8 Å². The van der Waals surface area contributed by atoms with Gasteiger partial charge in [-0.15, -0.1) is 0 Å². The van der Waals surface area contributed by atoms with E-state index in [0.29, 0.717) is 46.9 Å². The Kier molecular flexibility index (Phi) is 6.13. The van der Waals surface area contributed by atoms with Crippen molar-refractivity contribution in [1.82, 2.24) is 10.2 Å². The van der Waals surface area contributed by atoms with E-state index in [-0.39, 0.29) is 19.1 Å². The van der Waals surface area contributed by atoms with Crippen molar-refractivity contribution < 1.29 is 23.5 Å². The van der Waals surface area contributed by atoms with E-state index < -0.39 is 11.6 Å². The Morgan fingerprint density at radius 1 is 1.19 bits per heavy atom. The minimum Gasteiger partial charge on any atom is -0.463 e. The number of furan rings is 1. The summed E-state index contributed by atoms with van der Waals surface area (Å²) < 4.78 is 11.3. The van der Waals surface area contributed by atoms with Crippen molar-refractivity contribution in [2.45, 2.75) is 33.2 Å². The minimum atomic E-state index is -0.506. The Labute approximate surface area is 186 Å². The van der Waals surface area contributed by atoms with Crippen LogP contribution in [0.15, 0.2) is 16.5 Å². The van der Waals surface area contributed by atoms with Gasteiger partial charge in [0.05, 0.1) is 18.7 Å². The molecule has 0 spiro atoms. The largest absolute Gasteiger partial charge is 0.463 e. The number of Topliss-reactive ketones (excluding diaryl/α,β-unsaturated/α-hetero) is 2. The highest BCUT2D eigenvalue weighted by molar-refractivity contribution is 6.53. The molecule has 0 aliphatic heterocycles.